The number of hydrogen-bond acceptors (Lipinski definition) is 5. The maximum atomic E-state index is 12.5. The third-order valence-corrected chi connectivity index (χ3v) is 4.91. The van der Waals surface area contributed by atoms with Crippen molar-refractivity contribution in [2.24, 2.45) is 0 Å². The lowest BCUT2D eigenvalue weighted by Crippen LogP contribution is -2.46. The number of carbonyl (C=O) groups excluding carboxylic acids is 1. The van der Waals surface area contributed by atoms with E-state index in [4.69, 9.17) is 0 Å². The van der Waals surface area contributed by atoms with E-state index in [-0.39, 0.29) is 5.91 Å². The van der Waals surface area contributed by atoms with Gasteiger partial charge in [-0.2, -0.15) is 0 Å². The average Bonchev–Trinajstić information content (AvgIpc) is 2.91. The molecular formula is C17H27N5O. The predicted octanol–water partition coefficient (Wildman–Crippen LogP) is 1.63. The molecule has 0 aromatic carbocycles. The van der Waals surface area contributed by atoms with Crippen LogP contribution in [-0.4, -0.2) is 71.7 Å². The van der Waals surface area contributed by atoms with E-state index in [1.807, 2.05) is 17.0 Å². The summed E-state index contributed by atoms with van der Waals surface area (Å²) in [5, 5.41) is 8.50. The Morgan fingerprint density at radius 3 is 2.22 bits per heavy atom. The maximum Gasteiger partial charge on any atom is 0.274 e. The number of hydrogen-bond donors (Lipinski definition) is 0. The lowest BCUT2D eigenvalue weighted by Gasteiger charge is -2.34. The van der Waals surface area contributed by atoms with E-state index < -0.39 is 0 Å². The Balaban J connectivity index is 1.61. The van der Waals surface area contributed by atoms with E-state index in [0.717, 1.165) is 64.5 Å². The van der Waals surface area contributed by atoms with E-state index in [9.17, 15) is 4.79 Å². The van der Waals surface area contributed by atoms with Crippen LogP contribution in [-0.2, 0) is 0 Å². The summed E-state index contributed by atoms with van der Waals surface area (Å²) in [4.78, 5) is 19.1. The van der Waals surface area contributed by atoms with E-state index >= 15 is 0 Å². The molecule has 0 unspecified atom stereocenters. The van der Waals surface area contributed by atoms with Crippen molar-refractivity contribution in [2.45, 2.75) is 32.6 Å². The van der Waals surface area contributed by atoms with E-state index in [1.54, 1.807) is 0 Å². The normalized spacial score (nSPS) is 20.4. The SMILES string of the molecule is CCN1CCN(c2ccc(C(=O)N3CCCCCC3)nn2)CC1. The number of likely N-dealkylation sites (N-methyl/N-ethyl adjacent to an activating group) is 1. The number of piperazine rings is 1. The Morgan fingerprint density at radius 2 is 1.65 bits per heavy atom. The smallest absolute Gasteiger partial charge is 0.274 e. The Hall–Kier alpha value is -1.69. The second kappa shape index (κ2) is 7.73. The Morgan fingerprint density at radius 1 is 0.957 bits per heavy atom. The molecule has 6 nitrogen and oxygen atoms in total. The summed E-state index contributed by atoms with van der Waals surface area (Å²) >= 11 is 0. The summed E-state index contributed by atoms with van der Waals surface area (Å²) in [6.07, 6.45) is 4.63. The van der Waals surface area contributed by atoms with Crippen LogP contribution in [0.3, 0.4) is 0 Å². The van der Waals surface area contributed by atoms with Crippen LogP contribution in [0, 0.1) is 0 Å². The number of rotatable bonds is 3. The number of carbonyl (C=O) groups is 1. The molecule has 0 radical (unpaired) electrons. The number of anilines is 1. The van der Waals surface area contributed by atoms with Crippen LogP contribution < -0.4 is 4.90 Å². The van der Waals surface area contributed by atoms with Crippen LogP contribution in [0.2, 0.25) is 0 Å². The minimum absolute atomic E-state index is 0.0294. The standard InChI is InChI=1S/C17H27N5O/c1-2-20-11-13-21(14-12-20)16-8-7-15(18-19-16)17(23)22-9-5-3-4-6-10-22/h7-8H,2-6,9-14H2,1H3. The van der Waals surface area contributed by atoms with Crippen LogP contribution in [0.15, 0.2) is 12.1 Å². The molecule has 1 amide bonds. The van der Waals surface area contributed by atoms with Crippen molar-refractivity contribution in [3.8, 4) is 0 Å². The Labute approximate surface area is 138 Å². The predicted molar refractivity (Wildman–Crippen MR) is 90.7 cm³/mol. The van der Waals surface area contributed by atoms with Gasteiger partial charge in [-0.15, -0.1) is 10.2 Å². The van der Waals surface area contributed by atoms with E-state index in [0.29, 0.717) is 5.69 Å². The minimum atomic E-state index is 0.0294. The van der Waals surface area contributed by atoms with Crippen LogP contribution in [0.5, 0.6) is 0 Å². The quantitative estimate of drug-likeness (QED) is 0.848. The summed E-state index contributed by atoms with van der Waals surface area (Å²) < 4.78 is 0. The summed E-state index contributed by atoms with van der Waals surface area (Å²) in [5.41, 5.74) is 0.475. The van der Waals surface area contributed by atoms with Gasteiger partial charge in [0.2, 0.25) is 0 Å². The summed E-state index contributed by atoms with van der Waals surface area (Å²) in [6.45, 7) is 9.06. The van der Waals surface area contributed by atoms with Crippen molar-refractivity contribution in [3.63, 3.8) is 0 Å². The summed E-state index contributed by atoms with van der Waals surface area (Å²) in [7, 11) is 0. The lowest BCUT2D eigenvalue weighted by atomic mass is 10.2. The first kappa shape index (κ1) is 16.2. The van der Waals surface area contributed by atoms with Gasteiger partial charge in [-0.05, 0) is 31.5 Å². The zero-order valence-electron chi connectivity index (χ0n) is 14.1. The van der Waals surface area contributed by atoms with E-state index in [2.05, 4.69) is 26.9 Å². The Kier molecular flexibility index (Phi) is 5.43. The third kappa shape index (κ3) is 3.99. The van der Waals surface area contributed by atoms with Gasteiger partial charge in [0.25, 0.3) is 5.91 Å². The van der Waals surface area contributed by atoms with Gasteiger partial charge in [0.15, 0.2) is 11.5 Å². The van der Waals surface area contributed by atoms with Crippen molar-refractivity contribution < 1.29 is 4.79 Å². The van der Waals surface area contributed by atoms with Crippen molar-refractivity contribution in [2.75, 3.05) is 50.7 Å². The molecule has 2 aliphatic rings. The fraction of sp³-hybridized carbons (Fsp3) is 0.706. The topological polar surface area (TPSA) is 52.6 Å². The fourth-order valence-electron chi connectivity index (χ4n) is 3.34. The molecule has 23 heavy (non-hydrogen) atoms. The molecule has 2 aliphatic heterocycles. The number of amides is 1. The molecule has 126 valence electrons. The summed E-state index contributed by atoms with van der Waals surface area (Å²) in [5.74, 6) is 0.912. The van der Waals surface area contributed by atoms with Crippen molar-refractivity contribution in [3.05, 3.63) is 17.8 Å². The van der Waals surface area contributed by atoms with Crippen LogP contribution in [0.4, 0.5) is 5.82 Å². The molecule has 1 aromatic heterocycles. The third-order valence-electron chi connectivity index (χ3n) is 4.91. The highest BCUT2D eigenvalue weighted by Crippen LogP contribution is 2.15. The molecule has 0 N–H and O–H groups in total. The maximum absolute atomic E-state index is 12.5. The monoisotopic (exact) mass is 317 g/mol. The van der Waals surface area contributed by atoms with Gasteiger partial charge in [0.1, 0.15) is 0 Å². The molecule has 1 aromatic rings. The first-order valence-electron chi connectivity index (χ1n) is 8.88. The molecule has 0 aliphatic carbocycles. The molecule has 2 saturated heterocycles. The van der Waals surface area contributed by atoms with Crippen molar-refractivity contribution >= 4 is 11.7 Å². The van der Waals surface area contributed by atoms with Gasteiger partial charge in [-0.3, -0.25) is 4.79 Å². The molecule has 2 fully saturated rings. The van der Waals surface area contributed by atoms with Crippen LogP contribution >= 0.6 is 0 Å². The van der Waals surface area contributed by atoms with Gasteiger partial charge in [0.05, 0.1) is 0 Å². The van der Waals surface area contributed by atoms with Crippen LogP contribution in [0.1, 0.15) is 43.1 Å². The zero-order chi connectivity index (χ0) is 16.1. The highest BCUT2D eigenvalue weighted by atomic mass is 16.2. The second-order valence-corrected chi connectivity index (χ2v) is 6.40. The van der Waals surface area contributed by atoms with Crippen LogP contribution in [0.25, 0.3) is 0 Å². The molecule has 3 heterocycles. The molecule has 0 saturated carbocycles. The van der Waals surface area contributed by atoms with Gasteiger partial charge in [-0.25, -0.2) is 0 Å². The highest BCUT2D eigenvalue weighted by Gasteiger charge is 2.21. The lowest BCUT2D eigenvalue weighted by molar-refractivity contribution is 0.0754. The molecular weight excluding hydrogens is 290 g/mol. The Bertz CT molecular complexity index is 502. The van der Waals surface area contributed by atoms with Crippen molar-refractivity contribution in [1.29, 1.82) is 0 Å². The second-order valence-electron chi connectivity index (χ2n) is 6.40. The van der Waals surface area contributed by atoms with Gasteiger partial charge in [-0.1, -0.05) is 19.8 Å². The number of likely N-dealkylation sites (tertiary alicyclic amines) is 1. The first-order valence-corrected chi connectivity index (χ1v) is 8.88. The van der Waals surface area contributed by atoms with Crippen molar-refractivity contribution in [1.82, 2.24) is 20.0 Å². The number of aromatic nitrogens is 2. The first-order chi connectivity index (χ1) is 11.3. The highest BCUT2D eigenvalue weighted by molar-refractivity contribution is 5.92. The molecule has 6 heteroatoms. The van der Waals surface area contributed by atoms with Gasteiger partial charge in [0, 0.05) is 39.3 Å². The summed E-state index contributed by atoms with van der Waals surface area (Å²) in [6, 6.07) is 3.78. The molecule has 0 bridgehead atoms. The number of nitrogens with zero attached hydrogens (tertiary/aromatic N) is 5. The fourth-order valence-corrected chi connectivity index (χ4v) is 3.34. The zero-order valence-corrected chi connectivity index (χ0v) is 14.1. The molecule has 3 rings (SSSR count). The minimum Gasteiger partial charge on any atom is -0.353 e. The average molecular weight is 317 g/mol. The van der Waals surface area contributed by atoms with E-state index in [1.165, 1.54) is 12.8 Å². The molecule has 0 spiro atoms. The largest absolute Gasteiger partial charge is 0.353 e. The van der Waals surface area contributed by atoms with Gasteiger partial charge >= 0.3 is 0 Å². The molecule has 0 atom stereocenters. The van der Waals surface area contributed by atoms with Gasteiger partial charge < -0.3 is 14.7 Å².